The van der Waals surface area contributed by atoms with E-state index in [0.29, 0.717) is 0 Å². The maximum Gasteiger partial charge on any atom is 0.206 e. The summed E-state index contributed by atoms with van der Waals surface area (Å²) in [5.41, 5.74) is 2.30. The molecular formula is C10H12O2. The summed E-state index contributed by atoms with van der Waals surface area (Å²) in [6.07, 6.45) is 1.80. The van der Waals surface area contributed by atoms with Gasteiger partial charge in [-0.15, -0.1) is 0 Å². The summed E-state index contributed by atoms with van der Waals surface area (Å²) in [4.78, 5) is 22.6. The number of carbonyl (C=O) groups is 2. The zero-order valence-electron chi connectivity index (χ0n) is 7.39. The summed E-state index contributed by atoms with van der Waals surface area (Å²) in [5, 5.41) is 0. The van der Waals surface area contributed by atoms with Crippen molar-refractivity contribution in [3.8, 4) is 0 Å². The Morgan fingerprint density at radius 3 is 1.75 bits per heavy atom. The predicted molar refractivity (Wildman–Crippen MR) is 44.6 cm³/mol. The minimum absolute atomic E-state index is 0.0347. The Morgan fingerprint density at radius 1 is 1.08 bits per heavy atom. The number of rotatable bonds is 0. The molecule has 64 valence electrons. The first-order valence-electron chi connectivity index (χ1n) is 4.38. The SMILES string of the molecule is CC(C)=C1C2CCC1C(=O)C2=O. The van der Waals surface area contributed by atoms with E-state index < -0.39 is 0 Å². The van der Waals surface area contributed by atoms with Crippen LogP contribution in [0.2, 0.25) is 0 Å². The number of hydrogen-bond donors (Lipinski definition) is 0. The minimum Gasteiger partial charge on any atom is -0.290 e. The van der Waals surface area contributed by atoms with Crippen molar-refractivity contribution in [1.82, 2.24) is 0 Å². The molecule has 0 saturated heterocycles. The molecule has 0 heterocycles. The van der Waals surface area contributed by atoms with Gasteiger partial charge in [-0.25, -0.2) is 0 Å². The Kier molecular flexibility index (Phi) is 1.47. The topological polar surface area (TPSA) is 34.1 Å². The fourth-order valence-electron chi connectivity index (χ4n) is 2.47. The normalized spacial score (nSPS) is 33.3. The van der Waals surface area contributed by atoms with Gasteiger partial charge in [0.2, 0.25) is 11.6 Å². The first-order chi connectivity index (χ1) is 5.63. The average Bonchev–Trinajstić information content (AvgIpc) is 2.51. The van der Waals surface area contributed by atoms with E-state index in [-0.39, 0.29) is 23.4 Å². The van der Waals surface area contributed by atoms with Gasteiger partial charge in [0.15, 0.2) is 0 Å². The van der Waals surface area contributed by atoms with Gasteiger partial charge in [-0.1, -0.05) is 5.57 Å². The third kappa shape index (κ3) is 0.752. The zero-order chi connectivity index (χ0) is 8.88. The monoisotopic (exact) mass is 164 g/mol. The standard InChI is InChI=1S/C10H12O2/c1-5(2)8-6-3-4-7(8)10(12)9(6)11/h6-7H,3-4H2,1-2H3. The summed E-state index contributed by atoms with van der Waals surface area (Å²) in [5.74, 6) is -0.343. The van der Waals surface area contributed by atoms with Crippen LogP contribution in [0.25, 0.3) is 0 Å². The molecule has 2 aliphatic carbocycles. The summed E-state index contributed by atoms with van der Waals surface area (Å²) in [6.45, 7) is 3.99. The van der Waals surface area contributed by atoms with E-state index in [1.807, 2.05) is 13.8 Å². The first kappa shape index (κ1) is 7.71. The second kappa shape index (κ2) is 2.28. The number of Topliss-reactive ketones (excluding diaryl/α,β-unsaturated/α-hetero) is 2. The van der Waals surface area contributed by atoms with Gasteiger partial charge in [0.05, 0.1) is 0 Å². The van der Waals surface area contributed by atoms with Crippen LogP contribution < -0.4 is 0 Å². The molecule has 2 saturated carbocycles. The van der Waals surface area contributed by atoms with Crippen molar-refractivity contribution in [2.75, 3.05) is 0 Å². The molecule has 2 bridgehead atoms. The van der Waals surface area contributed by atoms with Gasteiger partial charge in [-0.2, -0.15) is 0 Å². The largest absolute Gasteiger partial charge is 0.290 e. The predicted octanol–water partition coefficient (Wildman–Crippen LogP) is 1.50. The quantitative estimate of drug-likeness (QED) is 0.401. The molecule has 0 spiro atoms. The molecule has 2 aliphatic rings. The molecule has 2 fully saturated rings. The smallest absolute Gasteiger partial charge is 0.206 e. The highest BCUT2D eigenvalue weighted by Crippen LogP contribution is 2.45. The second-order valence-corrected chi connectivity index (χ2v) is 3.87. The molecule has 0 aromatic rings. The van der Waals surface area contributed by atoms with Gasteiger partial charge in [0, 0.05) is 11.8 Å². The number of ketones is 2. The van der Waals surface area contributed by atoms with Crippen molar-refractivity contribution in [2.45, 2.75) is 26.7 Å². The molecule has 2 atom stereocenters. The van der Waals surface area contributed by atoms with Crippen molar-refractivity contribution >= 4 is 11.6 Å². The lowest BCUT2D eigenvalue weighted by atomic mass is 9.98. The van der Waals surface area contributed by atoms with Gasteiger partial charge in [0.25, 0.3) is 0 Å². The van der Waals surface area contributed by atoms with E-state index in [4.69, 9.17) is 0 Å². The van der Waals surface area contributed by atoms with Crippen LogP contribution in [0.15, 0.2) is 11.1 Å². The van der Waals surface area contributed by atoms with Gasteiger partial charge in [-0.3, -0.25) is 9.59 Å². The molecule has 0 aromatic heterocycles. The molecule has 0 amide bonds. The molecule has 12 heavy (non-hydrogen) atoms. The lowest BCUT2D eigenvalue weighted by Crippen LogP contribution is -2.20. The van der Waals surface area contributed by atoms with Crippen LogP contribution >= 0.6 is 0 Å². The van der Waals surface area contributed by atoms with E-state index in [2.05, 4.69) is 0 Å². The van der Waals surface area contributed by atoms with Crippen LogP contribution in [0.5, 0.6) is 0 Å². The van der Waals surface area contributed by atoms with E-state index in [9.17, 15) is 9.59 Å². The molecule has 2 unspecified atom stereocenters. The van der Waals surface area contributed by atoms with Crippen LogP contribution in [-0.2, 0) is 9.59 Å². The van der Waals surface area contributed by atoms with Crippen LogP contribution in [0.1, 0.15) is 26.7 Å². The Morgan fingerprint density at radius 2 is 1.50 bits per heavy atom. The van der Waals surface area contributed by atoms with Crippen molar-refractivity contribution < 1.29 is 9.59 Å². The highest BCUT2D eigenvalue weighted by molar-refractivity contribution is 6.43. The number of fused-ring (bicyclic) bond motifs is 2. The van der Waals surface area contributed by atoms with Gasteiger partial charge < -0.3 is 0 Å². The lowest BCUT2D eigenvalue weighted by Gasteiger charge is -2.02. The van der Waals surface area contributed by atoms with Crippen molar-refractivity contribution in [3.05, 3.63) is 11.1 Å². The lowest BCUT2D eigenvalue weighted by molar-refractivity contribution is -0.138. The van der Waals surface area contributed by atoms with E-state index in [1.54, 1.807) is 0 Å². The third-order valence-electron chi connectivity index (χ3n) is 2.95. The Balaban J connectivity index is 2.51. The molecule has 2 rings (SSSR count). The third-order valence-corrected chi connectivity index (χ3v) is 2.95. The fourth-order valence-corrected chi connectivity index (χ4v) is 2.47. The van der Waals surface area contributed by atoms with Crippen LogP contribution in [0, 0.1) is 11.8 Å². The number of hydrogen-bond acceptors (Lipinski definition) is 2. The van der Waals surface area contributed by atoms with Gasteiger partial charge in [0.1, 0.15) is 0 Å². The molecular weight excluding hydrogens is 152 g/mol. The molecule has 0 aromatic carbocycles. The molecule has 2 heteroatoms. The highest BCUT2D eigenvalue weighted by Gasteiger charge is 2.50. The summed E-state index contributed by atoms with van der Waals surface area (Å²) >= 11 is 0. The second-order valence-electron chi connectivity index (χ2n) is 3.87. The van der Waals surface area contributed by atoms with E-state index in [1.165, 1.54) is 5.57 Å². The maximum absolute atomic E-state index is 11.3. The van der Waals surface area contributed by atoms with Crippen molar-refractivity contribution in [3.63, 3.8) is 0 Å². The molecule has 0 radical (unpaired) electrons. The van der Waals surface area contributed by atoms with Crippen LogP contribution in [0.4, 0.5) is 0 Å². The zero-order valence-corrected chi connectivity index (χ0v) is 7.39. The maximum atomic E-state index is 11.3. The van der Waals surface area contributed by atoms with Crippen LogP contribution in [0.3, 0.4) is 0 Å². The van der Waals surface area contributed by atoms with E-state index in [0.717, 1.165) is 18.4 Å². The highest BCUT2D eigenvalue weighted by atomic mass is 16.2. The molecule has 2 nitrogen and oxygen atoms in total. The van der Waals surface area contributed by atoms with Gasteiger partial charge in [-0.05, 0) is 32.3 Å². The van der Waals surface area contributed by atoms with Crippen molar-refractivity contribution in [2.24, 2.45) is 11.8 Å². The number of allylic oxidation sites excluding steroid dienone is 2. The minimum atomic E-state index is -0.137. The molecule has 0 aliphatic heterocycles. The Bertz CT molecular complexity index is 271. The molecule has 0 N–H and O–H groups in total. The summed E-state index contributed by atoms with van der Waals surface area (Å²) in [6, 6.07) is 0. The summed E-state index contributed by atoms with van der Waals surface area (Å²) in [7, 11) is 0. The number of carbonyl (C=O) groups excluding carboxylic acids is 2. The fraction of sp³-hybridized carbons (Fsp3) is 0.600. The van der Waals surface area contributed by atoms with E-state index >= 15 is 0 Å². The Labute approximate surface area is 71.6 Å². The summed E-state index contributed by atoms with van der Waals surface area (Å²) < 4.78 is 0. The van der Waals surface area contributed by atoms with Crippen molar-refractivity contribution in [1.29, 1.82) is 0 Å². The first-order valence-corrected chi connectivity index (χ1v) is 4.38. The van der Waals surface area contributed by atoms with Gasteiger partial charge >= 0.3 is 0 Å². The van der Waals surface area contributed by atoms with Crippen LogP contribution in [-0.4, -0.2) is 11.6 Å². The average molecular weight is 164 g/mol. The Hall–Kier alpha value is -0.920.